The van der Waals surface area contributed by atoms with Gasteiger partial charge in [0.25, 0.3) is 0 Å². The van der Waals surface area contributed by atoms with E-state index in [1.54, 1.807) is 6.20 Å². The highest BCUT2D eigenvalue weighted by atomic mass is 16.6. The molecule has 0 unspecified atom stereocenters. The Balaban J connectivity index is 2.21. The zero-order valence-corrected chi connectivity index (χ0v) is 10.9. The quantitative estimate of drug-likeness (QED) is 0.773. The van der Waals surface area contributed by atoms with Gasteiger partial charge in [-0.1, -0.05) is 13.8 Å². The van der Waals surface area contributed by atoms with E-state index in [1.165, 1.54) is 0 Å². The summed E-state index contributed by atoms with van der Waals surface area (Å²) in [5.41, 5.74) is 7.46. The first-order valence-corrected chi connectivity index (χ1v) is 5.97. The van der Waals surface area contributed by atoms with Gasteiger partial charge in [0.1, 0.15) is 0 Å². The SMILES string of the molecule is CC(C)n1ncc(N)c1B1OCC(C)(C)CO1. The fourth-order valence-electron chi connectivity index (χ4n) is 1.89. The Labute approximate surface area is 102 Å². The summed E-state index contributed by atoms with van der Waals surface area (Å²) in [6.07, 6.45) is 1.65. The van der Waals surface area contributed by atoms with E-state index >= 15 is 0 Å². The van der Waals surface area contributed by atoms with Crippen LogP contribution in [0.3, 0.4) is 0 Å². The molecule has 17 heavy (non-hydrogen) atoms. The molecule has 2 heterocycles. The van der Waals surface area contributed by atoms with Gasteiger partial charge in [0.2, 0.25) is 0 Å². The van der Waals surface area contributed by atoms with E-state index in [9.17, 15) is 0 Å². The molecule has 1 aromatic rings. The normalized spacial score (nSPS) is 19.9. The van der Waals surface area contributed by atoms with Crippen LogP contribution < -0.4 is 11.3 Å². The number of aromatic nitrogens is 2. The number of hydrogen-bond acceptors (Lipinski definition) is 4. The minimum atomic E-state index is -0.395. The summed E-state index contributed by atoms with van der Waals surface area (Å²) in [5.74, 6) is 0. The topological polar surface area (TPSA) is 62.3 Å². The van der Waals surface area contributed by atoms with Crippen molar-refractivity contribution in [2.45, 2.75) is 33.7 Å². The minimum absolute atomic E-state index is 0.0634. The molecule has 0 spiro atoms. The van der Waals surface area contributed by atoms with Crippen molar-refractivity contribution in [1.29, 1.82) is 0 Å². The van der Waals surface area contributed by atoms with Crippen LogP contribution in [0.25, 0.3) is 0 Å². The summed E-state index contributed by atoms with van der Waals surface area (Å²) in [4.78, 5) is 0. The maximum absolute atomic E-state index is 5.93. The van der Waals surface area contributed by atoms with Crippen LogP contribution in [0.4, 0.5) is 5.69 Å². The van der Waals surface area contributed by atoms with E-state index in [4.69, 9.17) is 15.0 Å². The number of hydrogen-bond donors (Lipinski definition) is 1. The molecular formula is C11H20BN3O2. The molecule has 1 aliphatic heterocycles. The van der Waals surface area contributed by atoms with Gasteiger partial charge in [0.05, 0.1) is 17.5 Å². The van der Waals surface area contributed by atoms with Crippen LogP contribution >= 0.6 is 0 Å². The van der Waals surface area contributed by atoms with Crippen LogP contribution in [0.1, 0.15) is 33.7 Å². The Morgan fingerprint density at radius 3 is 2.53 bits per heavy atom. The molecule has 0 radical (unpaired) electrons. The monoisotopic (exact) mass is 237 g/mol. The summed E-state index contributed by atoms with van der Waals surface area (Å²) in [6.45, 7) is 9.69. The fraction of sp³-hybridized carbons (Fsp3) is 0.727. The maximum Gasteiger partial charge on any atom is 0.515 e. The van der Waals surface area contributed by atoms with Crippen molar-refractivity contribution in [3.05, 3.63) is 6.20 Å². The molecule has 0 amide bonds. The molecule has 2 N–H and O–H groups in total. The smallest absolute Gasteiger partial charge is 0.406 e. The largest absolute Gasteiger partial charge is 0.515 e. The first-order chi connectivity index (χ1) is 7.91. The zero-order valence-electron chi connectivity index (χ0n) is 10.9. The van der Waals surface area contributed by atoms with E-state index in [0.29, 0.717) is 18.9 Å². The van der Waals surface area contributed by atoms with Crippen LogP contribution in [0.15, 0.2) is 6.20 Å². The van der Waals surface area contributed by atoms with E-state index in [0.717, 1.165) is 5.59 Å². The number of nitrogens with two attached hydrogens (primary N) is 1. The lowest BCUT2D eigenvalue weighted by molar-refractivity contribution is 0.0335. The molecule has 0 aliphatic carbocycles. The van der Waals surface area contributed by atoms with Crippen molar-refractivity contribution in [2.75, 3.05) is 18.9 Å². The van der Waals surface area contributed by atoms with Crippen molar-refractivity contribution < 1.29 is 9.31 Å². The van der Waals surface area contributed by atoms with E-state index in [2.05, 4.69) is 32.8 Å². The summed E-state index contributed by atoms with van der Waals surface area (Å²) in [6, 6.07) is 0.240. The standard InChI is InChI=1S/C11H20BN3O2/c1-8(2)15-10(9(13)5-14-15)12-16-6-11(3,4)7-17-12/h5,8H,6-7,13H2,1-4H3. The van der Waals surface area contributed by atoms with Crippen LogP contribution in [0.5, 0.6) is 0 Å². The number of rotatable bonds is 2. The third kappa shape index (κ3) is 2.47. The highest BCUT2D eigenvalue weighted by Gasteiger charge is 2.37. The molecule has 1 saturated heterocycles. The Kier molecular flexibility index (Phi) is 3.18. The zero-order chi connectivity index (χ0) is 12.6. The van der Waals surface area contributed by atoms with Gasteiger partial charge in [-0.2, -0.15) is 5.10 Å². The van der Waals surface area contributed by atoms with Crippen LogP contribution in [-0.2, 0) is 9.31 Å². The molecule has 1 aromatic heterocycles. The third-order valence-corrected chi connectivity index (χ3v) is 2.83. The first-order valence-electron chi connectivity index (χ1n) is 5.97. The highest BCUT2D eigenvalue weighted by molar-refractivity contribution is 6.62. The first kappa shape index (κ1) is 12.5. The summed E-state index contributed by atoms with van der Waals surface area (Å²) < 4.78 is 13.4. The fourth-order valence-corrected chi connectivity index (χ4v) is 1.89. The lowest BCUT2D eigenvalue weighted by atomic mass is 9.79. The molecule has 0 aromatic carbocycles. The highest BCUT2D eigenvalue weighted by Crippen LogP contribution is 2.22. The lowest BCUT2D eigenvalue weighted by Crippen LogP contribution is -2.50. The average molecular weight is 237 g/mol. The molecular weight excluding hydrogens is 217 g/mol. The maximum atomic E-state index is 5.93. The molecule has 1 aliphatic rings. The molecule has 1 fully saturated rings. The predicted molar refractivity (Wildman–Crippen MR) is 68.1 cm³/mol. The molecule has 0 saturated carbocycles. The van der Waals surface area contributed by atoms with Gasteiger partial charge in [0, 0.05) is 24.7 Å². The lowest BCUT2D eigenvalue weighted by Gasteiger charge is -2.33. The molecule has 0 atom stereocenters. The summed E-state index contributed by atoms with van der Waals surface area (Å²) >= 11 is 0. The minimum Gasteiger partial charge on any atom is -0.406 e. The van der Waals surface area contributed by atoms with Gasteiger partial charge in [0.15, 0.2) is 0 Å². The molecule has 94 valence electrons. The van der Waals surface area contributed by atoms with E-state index in [-0.39, 0.29) is 11.5 Å². The third-order valence-electron chi connectivity index (χ3n) is 2.83. The van der Waals surface area contributed by atoms with Crippen molar-refractivity contribution in [3.63, 3.8) is 0 Å². The van der Waals surface area contributed by atoms with Crippen molar-refractivity contribution in [2.24, 2.45) is 5.41 Å². The van der Waals surface area contributed by atoms with Gasteiger partial charge in [-0.25, -0.2) is 0 Å². The van der Waals surface area contributed by atoms with Crippen LogP contribution in [0.2, 0.25) is 0 Å². The van der Waals surface area contributed by atoms with Gasteiger partial charge >= 0.3 is 7.12 Å². The van der Waals surface area contributed by atoms with Crippen molar-refractivity contribution in [3.8, 4) is 0 Å². The Hall–Kier alpha value is -1.01. The number of nitrogens with zero attached hydrogens (tertiary/aromatic N) is 2. The number of anilines is 1. The number of nitrogen functional groups attached to an aromatic ring is 1. The molecule has 2 rings (SSSR count). The summed E-state index contributed by atoms with van der Waals surface area (Å²) in [7, 11) is -0.395. The van der Waals surface area contributed by atoms with Gasteiger partial charge in [-0.15, -0.1) is 0 Å². The van der Waals surface area contributed by atoms with E-state index in [1.807, 2.05) is 4.68 Å². The second kappa shape index (κ2) is 4.35. The predicted octanol–water partition coefficient (Wildman–Crippen LogP) is 0.814. The average Bonchev–Trinajstić information content (AvgIpc) is 2.61. The van der Waals surface area contributed by atoms with Crippen LogP contribution in [0, 0.1) is 5.41 Å². The molecule has 0 bridgehead atoms. The van der Waals surface area contributed by atoms with Gasteiger partial charge in [-0.3, -0.25) is 4.68 Å². The van der Waals surface area contributed by atoms with Crippen molar-refractivity contribution >= 4 is 18.4 Å². The Morgan fingerprint density at radius 1 is 1.41 bits per heavy atom. The van der Waals surface area contributed by atoms with Crippen molar-refractivity contribution in [1.82, 2.24) is 9.78 Å². The Bertz CT molecular complexity index is 393. The van der Waals surface area contributed by atoms with E-state index < -0.39 is 7.12 Å². The van der Waals surface area contributed by atoms with Gasteiger partial charge < -0.3 is 15.0 Å². The second-order valence-corrected chi connectivity index (χ2v) is 5.64. The summed E-state index contributed by atoms with van der Waals surface area (Å²) in [5, 5.41) is 4.26. The Morgan fingerprint density at radius 2 is 2.00 bits per heavy atom. The molecule has 5 nitrogen and oxygen atoms in total. The van der Waals surface area contributed by atoms with Gasteiger partial charge in [-0.05, 0) is 13.8 Å². The molecule has 6 heteroatoms. The van der Waals surface area contributed by atoms with Crippen LogP contribution in [-0.4, -0.2) is 30.1 Å². The second-order valence-electron chi connectivity index (χ2n) is 5.64.